The molecule has 1 saturated heterocycles. The highest BCUT2D eigenvalue weighted by Gasteiger charge is 2.27. The van der Waals surface area contributed by atoms with Gasteiger partial charge in [0.05, 0.1) is 24.7 Å². The van der Waals surface area contributed by atoms with Gasteiger partial charge in [-0.05, 0) is 31.5 Å². The SMILES string of the molecule is Cc1noc(CNc2ccc(C)c(S(=O)(=O)N3CCOCC3)c2)n1. The van der Waals surface area contributed by atoms with Gasteiger partial charge in [0.25, 0.3) is 0 Å². The zero-order valence-corrected chi connectivity index (χ0v) is 14.5. The molecule has 0 spiro atoms. The van der Waals surface area contributed by atoms with Crippen molar-refractivity contribution in [2.24, 2.45) is 0 Å². The van der Waals surface area contributed by atoms with Crippen LogP contribution in [0.25, 0.3) is 0 Å². The predicted octanol–water partition coefficient (Wildman–Crippen LogP) is 1.32. The first-order valence-corrected chi connectivity index (χ1v) is 9.12. The van der Waals surface area contributed by atoms with Gasteiger partial charge in [0.1, 0.15) is 0 Å². The number of rotatable bonds is 5. The van der Waals surface area contributed by atoms with E-state index in [4.69, 9.17) is 9.26 Å². The molecule has 9 heteroatoms. The van der Waals surface area contributed by atoms with E-state index >= 15 is 0 Å². The molecule has 0 radical (unpaired) electrons. The summed E-state index contributed by atoms with van der Waals surface area (Å²) < 4.78 is 37.4. The molecule has 1 aliphatic rings. The van der Waals surface area contributed by atoms with Crippen LogP contribution < -0.4 is 5.32 Å². The summed E-state index contributed by atoms with van der Waals surface area (Å²) in [4.78, 5) is 4.41. The maximum Gasteiger partial charge on any atom is 0.245 e. The topological polar surface area (TPSA) is 97.6 Å². The number of sulfonamides is 1. The highest BCUT2D eigenvalue weighted by molar-refractivity contribution is 7.89. The Kier molecular flexibility index (Phi) is 4.83. The van der Waals surface area contributed by atoms with Crippen molar-refractivity contribution < 1.29 is 17.7 Å². The van der Waals surface area contributed by atoms with Crippen LogP contribution in [-0.4, -0.2) is 49.2 Å². The van der Waals surface area contributed by atoms with Gasteiger partial charge in [0.2, 0.25) is 15.9 Å². The largest absolute Gasteiger partial charge is 0.379 e. The Morgan fingerprint density at radius 2 is 2.00 bits per heavy atom. The van der Waals surface area contributed by atoms with Gasteiger partial charge in [0, 0.05) is 18.8 Å². The van der Waals surface area contributed by atoms with Crippen molar-refractivity contribution in [1.29, 1.82) is 0 Å². The minimum Gasteiger partial charge on any atom is -0.379 e. The third-order valence-corrected chi connectivity index (χ3v) is 5.83. The molecule has 0 saturated carbocycles. The van der Waals surface area contributed by atoms with E-state index in [2.05, 4.69) is 15.5 Å². The van der Waals surface area contributed by atoms with Gasteiger partial charge in [-0.1, -0.05) is 11.2 Å². The average molecular weight is 352 g/mol. The lowest BCUT2D eigenvalue weighted by Gasteiger charge is -2.26. The van der Waals surface area contributed by atoms with E-state index in [0.717, 1.165) is 0 Å². The third-order valence-electron chi connectivity index (χ3n) is 3.79. The smallest absolute Gasteiger partial charge is 0.245 e. The van der Waals surface area contributed by atoms with Crippen LogP contribution in [0.5, 0.6) is 0 Å². The molecule has 1 aromatic heterocycles. The minimum atomic E-state index is -3.53. The summed E-state index contributed by atoms with van der Waals surface area (Å²) in [5.41, 5.74) is 1.39. The number of morpholine rings is 1. The summed E-state index contributed by atoms with van der Waals surface area (Å²) in [5.74, 6) is 1.01. The van der Waals surface area contributed by atoms with E-state index in [9.17, 15) is 8.42 Å². The Balaban J connectivity index is 1.80. The molecule has 0 amide bonds. The van der Waals surface area contributed by atoms with Gasteiger partial charge in [-0.25, -0.2) is 8.42 Å². The van der Waals surface area contributed by atoms with E-state index in [1.807, 2.05) is 6.07 Å². The Labute approximate surface area is 140 Å². The fourth-order valence-electron chi connectivity index (χ4n) is 2.50. The van der Waals surface area contributed by atoms with Gasteiger partial charge in [-0.3, -0.25) is 0 Å². The number of hydrogen-bond donors (Lipinski definition) is 1. The molecule has 130 valence electrons. The lowest BCUT2D eigenvalue weighted by atomic mass is 10.2. The molecular formula is C15H20N4O4S. The lowest BCUT2D eigenvalue weighted by Crippen LogP contribution is -2.40. The van der Waals surface area contributed by atoms with Crippen LogP contribution in [0.1, 0.15) is 17.3 Å². The maximum atomic E-state index is 12.8. The third kappa shape index (κ3) is 3.58. The van der Waals surface area contributed by atoms with Crippen molar-refractivity contribution in [2.45, 2.75) is 25.3 Å². The van der Waals surface area contributed by atoms with E-state index in [-0.39, 0.29) is 0 Å². The molecule has 8 nitrogen and oxygen atoms in total. The summed E-state index contributed by atoms with van der Waals surface area (Å²) in [6.07, 6.45) is 0. The van der Waals surface area contributed by atoms with Crippen LogP contribution in [0, 0.1) is 13.8 Å². The van der Waals surface area contributed by atoms with E-state index < -0.39 is 10.0 Å². The Morgan fingerprint density at radius 1 is 1.25 bits per heavy atom. The molecule has 0 unspecified atom stereocenters. The number of ether oxygens (including phenoxy) is 1. The average Bonchev–Trinajstić information content (AvgIpc) is 3.00. The molecule has 2 aromatic rings. The molecule has 1 aliphatic heterocycles. The quantitative estimate of drug-likeness (QED) is 0.866. The van der Waals surface area contributed by atoms with Crippen molar-refractivity contribution in [1.82, 2.24) is 14.4 Å². The van der Waals surface area contributed by atoms with E-state index in [0.29, 0.717) is 60.7 Å². The Hall–Kier alpha value is -1.97. The van der Waals surface area contributed by atoms with Crippen LogP contribution in [0.4, 0.5) is 5.69 Å². The van der Waals surface area contributed by atoms with Crippen LogP contribution in [0.3, 0.4) is 0 Å². The summed E-state index contributed by atoms with van der Waals surface area (Å²) in [5, 5.41) is 6.83. The molecule has 0 atom stereocenters. The number of benzene rings is 1. The monoisotopic (exact) mass is 352 g/mol. The normalized spacial score (nSPS) is 16.2. The molecule has 0 bridgehead atoms. The van der Waals surface area contributed by atoms with Gasteiger partial charge in [0.15, 0.2) is 5.82 Å². The molecule has 24 heavy (non-hydrogen) atoms. The van der Waals surface area contributed by atoms with Crippen LogP contribution in [0.2, 0.25) is 0 Å². The minimum absolute atomic E-state index is 0.302. The predicted molar refractivity (Wildman–Crippen MR) is 87.1 cm³/mol. The van der Waals surface area contributed by atoms with Crippen LogP contribution in [-0.2, 0) is 21.3 Å². The molecule has 3 rings (SSSR count). The van der Waals surface area contributed by atoms with Gasteiger partial charge < -0.3 is 14.6 Å². The maximum absolute atomic E-state index is 12.8. The van der Waals surface area contributed by atoms with Crippen molar-refractivity contribution in [3.05, 3.63) is 35.5 Å². The van der Waals surface area contributed by atoms with Crippen molar-refractivity contribution in [3.8, 4) is 0 Å². The van der Waals surface area contributed by atoms with Crippen LogP contribution >= 0.6 is 0 Å². The second kappa shape index (κ2) is 6.88. The molecule has 2 heterocycles. The Bertz CT molecular complexity index is 813. The summed E-state index contributed by atoms with van der Waals surface area (Å²) in [6, 6.07) is 5.26. The van der Waals surface area contributed by atoms with Gasteiger partial charge in [-0.2, -0.15) is 9.29 Å². The zero-order chi connectivity index (χ0) is 17.2. The second-order valence-electron chi connectivity index (χ2n) is 5.59. The number of hydrogen-bond acceptors (Lipinski definition) is 7. The summed E-state index contributed by atoms with van der Waals surface area (Å²) in [7, 11) is -3.53. The molecule has 1 fully saturated rings. The highest BCUT2D eigenvalue weighted by atomic mass is 32.2. The molecule has 0 aliphatic carbocycles. The second-order valence-corrected chi connectivity index (χ2v) is 7.49. The van der Waals surface area contributed by atoms with E-state index in [1.165, 1.54) is 4.31 Å². The molecule has 1 aromatic carbocycles. The number of aromatic nitrogens is 2. The fraction of sp³-hybridized carbons (Fsp3) is 0.467. The van der Waals surface area contributed by atoms with E-state index in [1.54, 1.807) is 26.0 Å². The standard InChI is InChI=1S/C15H20N4O4S/c1-11-3-4-13(16-10-15-17-12(2)18-23-15)9-14(11)24(20,21)19-5-7-22-8-6-19/h3-4,9,16H,5-8,10H2,1-2H3. The number of nitrogens with zero attached hydrogens (tertiary/aromatic N) is 3. The zero-order valence-electron chi connectivity index (χ0n) is 13.7. The first-order valence-electron chi connectivity index (χ1n) is 7.68. The first kappa shape index (κ1) is 16.9. The van der Waals surface area contributed by atoms with Crippen molar-refractivity contribution in [2.75, 3.05) is 31.6 Å². The fourth-order valence-corrected chi connectivity index (χ4v) is 4.16. The summed E-state index contributed by atoms with van der Waals surface area (Å²) >= 11 is 0. The molecular weight excluding hydrogens is 332 g/mol. The Morgan fingerprint density at radius 3 is 2.67 bits per heavy atom. The molecule has 1 N–H and O–H groups in total. The van der Waals surface area contributed by atoms with Crippen molar-refractivity contribution >= 4 is 15.7 Å². The lowest BCUT2D eigenvalue weighted by molar-refractivity contribution is 0.0730. The number of aryl methyl sites for hydroxylation is 2. The number of anilines is 1. The summed E-state index contributed by atoms with van der Waals surface area (Å²) in [6.45, 7) is 5.46. The van der Waals surface area contributed by atoms with Gasteiger partial charge >= 0.3 is 0 Å². The highest BCUT2D eigenvalue weighted by Crippen LogP contribution is 2.24. The van der Waals surface area contributed by atoms with Gasteiger partial charge in [-0.15, -0.1) is 0 Å². The van der Waals surface area contributed by atoms with Crippen molar-refractivity contribution in [3.63, 3.8) is 0 Å². The first-order chi connectivity index (χ1) is 11.5. The number of nitrogens with one attached hydrogen (secondary N) is 1. The van der Waals surface area contributed by atoms with Crippen LogP contribution in [0.15, 0.2) is 27.6 Å².